The minimum atomic E-state index is -0.261. The molecule has 0 aromatic heterocycles. The van der Waals surface area contributed by atoms with Gasteiger partial charge in [-0.05, 0) is 50.3 Å². The van der Waals surface area contributed by atoms with E-state index in [0.29, 0.717) is 17.0 Å². The van der Waals surface area contributed by atoms with Crippen LogP contribution in [0.25, 0.3) is 0 Å². The summed E-state index contributed by atoms with van der Waals surface area (Å²) in [4.78, 5) is 41.6. The molecule has 0 spiro atoms. The SMILES string of the molecule is O=C(CN1C(=O)COc2ccc(C(=O)N3CCCCC3)cc21)NC1CCCCCCC1. The van der Waals surface area contributed by atoms with Gasteiger partial charge in [0.1, 0.15) is 12.3 Å². The number of nitrogens with zero attached hydrogens (tertiary/aromatic N) is 2. The van der Waals surface area contributed by atoms with Crippen molar-refractivity contribution in [1.82, 2.24) is 10.2 Å². The smallest absolute Gasteiger partial charge is 0.265 e. The van der Waals surface area contributed by atoms with Gasteiger partial charge in [0.05, 0.1) is 5.69 Å². The summed E-state index contributed by atoms with van der Waals surface area (Å²) in [6.45, 7) is 1.38. The van der Waals surface area contributed by atoms with Crippen LogP contribution in [0.5, 0.6) is 5.75 Å². The van der Waals surface area contributed by atoms with Crippen molar-refractivity contribution in [2.75, 3.05) is 31.1 Å². The van der Waals surface area contributed by atoms with Gasteiger partial charge >= 0.3 is 0 Å². The van der Waals surface area contributed by atoms with E-state index in [0.717, 1.165) is 58.0 Å². The minimum Gasteiger partial charge on any atom is -0.482 e. The minimum absolute atomic E-state index is 0.0283. The summed E-state index contributed by atoms with van der Waals surface area (Å²) in [6, 6.07) is 5.36. The van der Waals surface area contributed by atoms with Gasteiger partial charge < -0.3 is 15.0 Å². The fourth-order valence-corrected chi connectivity index (χ4v) is 4.81. The summed E-state index contributed by atoms with van der Waals surface area (Å²) >= 11 is 0. The molecule has 1 aliphatic carbocycles. The molecule has 2 heterocycles. The van der Waals surface area contributed by atoms with Crippen LogP contribution in [0.4, 0.5) is 5.69 Å². The monoisotopic (exact) mass is 427 g/mol. The van der Waals surface area contributed by atoms with Crippen molar-refractivity contribution in [3.05, 3.63) is 23.8 Å². The average molecular weight is 428 g/mol. The molecule has 0 atom stereocenters. The third-order valence-electron chi connectivity index (χ3n) is 6.56. The standard InChI is InChI=1S/C24H33N3O4/c28-22(25-19-9-5-2-1-3-6-10-19)16-27-20-15-18(11-12-21(20)31-17-23(27)29)24(30)26-13-7-4-8-14-26/h11-12,15,19H,1-10,13-14,16-17H2,(H,25,28). The Morgan fingerprint density at radius 1 is 0.968 bits per heavy atom. The first-order valence-corrected chi connectivity index (χ1v) is 11.8. The zero-order valence-electron chi connectivity index (χ0n) is 18.2. The van der Waals surface area contributed by atoms with Crippen molar-refractivity contribution in [2.45, 2.75) is 70.3 Å². The molecule has 7 nitrogen and oxygen atoms in total. The molecule has 31 heavy (non-hydrogen) atoms. The molecule has 3 aliphatic rings. The van der Waals surface area contributed by atoms with Gasteiger partial charge in [-0.3, -0.25) is 19.3 Å². The molecule has 4 rings (SSSR count). The van der Waals surface area contributed by atoms with Gasteiger partial charge in [0, 0.05) is 24.7 Å². The van der Waals surface area contributed by atoms with Gasteiger partial charge in [-0.1, -0.05) is 32.1 Å². The molecular weight excluding hydrogens is 394 g/mol. The van der Waals surface area contributed by atoms with E-state index in [9.17, 15) is 14.4 Å². The normalized spacial score (nSPS) is 20.3. The van der Waals surface area contributed by atoms with Gasteiger partial charge in [-0.2, -0.15) is 0 Å². The fraction of sp³-hybridized carbons (Fsp3) is 0.625. The summed E-state index contributed by atoms with van der Waals surface area (Å²) in [5.74, 6) is 0.0930. The Kier molecular flexibility index (Phi) is 7.10. The molecule has 0 unspecified atom stereocenters. The highest BCUT2D eigenvalue weighted by Gasteiger charge is 2.30. The number of nitrogens with one attached hydrogen (secondary N) is 1. The second-order valence-corrected chi connectivity index (χ2v) is 8.91. The molecule has 1 saturated carbocycles. The summed E-state index contributed by atoms with van der Waals surface area (Å²) in [7, 11) is 0. The Bertz CT molecular complexity index is 811. The first-order chi connectivity index (χ1) is 15.1. The summed E-state index contributed by atoms with van der Waals surface area (Å²) in [6.07, 6.45) is 11.2. The maximum absolute atomic E-state index is 12.9. The molecule has 1 saturated heterocycles. The molecule has 2 aliphatic heterocycles. The lowest BCUT2D eigenvalue weighted by Crippen LogP contribution is -2.47. The maximum Gasteiger partial charge on any atom is 0.265 e. The van der Waals surface area contributed by atoms with Crippen LogP contribution < -0.4 is 15.0 Å². The molecule has 168 valence electrons. The predicted molar refractivity (Wildman–Crippen MR) is 118 cm³/mol. The molecule has 1 N–H and O–H groups in total. The number of carbonyl (C=O) groups excluding carboxylic acids is 3. The number of hydrogen-bond donors (Lipinski definition) is 1. The van der Waals surface area contributed by atoms with Crippen LogP contribution in [-0.2, 0) is 9.59 Å². The van der Waals surface area contributed by atoms with E-state index < -0.39 is 0 Å². The lowest BCUT2D eigenvalue weighted by Gasteiger charge is -2.31. The second-order valence-electron chi connectivity index (χ2n) is 8.91. The van der Waals surface area contributed by atoms with Gasteiger partial charge in [-0.25, -0.2) is 0 Å². The number of benzene rings is 1. The van der Waals surface area contributed by atoms with Crippen molar-refractivity contribution < 1.29 is 19.1 Å². The molecule has 0 bridgehead atoms. The van der Waals surface area contributed by atoms with E-state index in [1.54, 1.807) is 18.2 Å². The molecular formula is C24H33N3O4. The van der Waals surface area contributed by atoms with E-state index in [1.807, 2.05) is 4.90 Å². The van der Waals surface area contributed by atoms with E-state index in [4.69, 9.17) is 4.74 Å². The molecule has 7 heteroatoms. The zero-order valence-corrected chi connectivity index (χ0v) is 18.2. The van der Waals surface area contributed by atoms with Crippen molar-refractivity contribution in [3.63, 3.8) is 0 Å². The van der Waals surface area contributed by atoms with E-state index >= 15 is 0 Å². The number of piperidine rings is 1. The van der Waals surface area contributed by atoms with Crippen LogP contribution >= 0.6 is 0 Å². The Morgan fingerprint density at radius 3 is 2.39 bits per heavy atom. The number of fused-ring (bicyclic) bond motifs is 1. The number of anilines is 1. The number of ether oxygens (including phenoxy) is 1. The quantitative estimate of drug-likeness (QED) is 0.800. The van der Waals surface area contributed by atoms with Gasteiger partial charge in [0.25, 0.3) is 11.8 Å². The van der Waals surface area contributed by atoms with Crippen LogP contribution in [0.3, 0.4) is 0 Å². The van der Waals surface area contributed by atoms with Crippen LogP contribution in [0, 0.1) is 0 Å². The van der Waals surface area contributed by atoms with Crippen LogP contribution in [0.1, 0.15) is 74.6 Å². The van der Waals surface area contributed by atoms with Crippen molar-refractivity contribution in [2.24, 2.45) is 0 Å². The lowest BCUT2D eigenvalue weighted by molar-refractivity contribution is -0.125. The summed E-state index contributed by atoms with van der Waals surface area (Å²) < 4.78 is 5.56. The summed E-state index contributed by atoms with van der Waals surface area (Å²) in [5.41, 5.74) is 1.04. The highest BCUT2D eigenvalue weighted by atomic mass is 16.5. The third-order valence-corrected chi connectivity index (χ3v) is 6.56. The first-order valence-electron chi connectivity index (χ1n) is 11.8. The number of carbonyl (C=O) groups is 3. The number of hydrogen-bond acceptors (Lipinski definition) is 4. The molecule has 0 radical (unpaired) electrons. The van der Waals surface area contributed by atoms with Gasteiger partial charge in [0.15, 0.2) is 6.61 Å². The highest BCUT2D eigenvalue weighted by molar-refractivity contribution is 6.04. The topological polar surface area (TPSA) is 79.0 Å². The molecule has 1 aromatic carbocycles. The van der Waals surface area contributed by atoms with Gasteiger partial charge in [0.2, 0.25) is 5.91 Å². The second kappa shape index (κ2) is 10.2. The van der Waals surface area contributed by atoms with Crippen LogP contribution in [-0.4, -0.2) is 54.9 Å². The molecule has 1 aromatic rings. The summed E-state index contributed by atoms with van der Waals surface area (Å²) in [5, 5.41) is 3.13. The van der Waals surface area contributed by atoms with Crippen LogP contribution in [0.2, 0.25) is 0 Å². The predicted octanol–water partition coefficient (Wildman–Crippen LogP) is 3.27. The van der Waals surface area contributed by atoms with Crippen molar-refractivity contribution >= 4 is 23.4 Å². The third kappa shape index (κ3) is 5.38. The number of rotatable bonds is 4. The largest absolute Gasteiger partial charge is 0.482 e. The zero-order chi connectivity index (χ0) is 21.6. The van der Waals surface area contributed by atoms with Crippen molar-refractivity contribution in [1.29, 1.82) is 0 Å². The van der Waals surface area contributed by atoms with Crippen molar-refractivity contribution in [3.8, 4) is 5.75 Å². The Hall–Kier alpha value is -2.57. The van der Waals surface area contributed by atoms with Crippen LogP contribution in [0.15, 0.2) is 18.2 Å². The highest BCUT2D eigenvalue weighted by Crippen LogP contribution is 2.33. The van der Waals surface area contributed by atoms with E-state index in [1.165, 1.54) is 24.2 Å². The molecule has 3 amide bonds. The van der Waals surface area contributed by atoms with Gasteiger partial charge in [-0.15, -0.1) is 0 Å². The Morgan fingerprint density at radius 2 is 1.65 bits per heavy atom. The number of likely N-dealkylation sites (tertiary alicyclic amines) is 1. The first kappa shape index (κ1) is 21.7. The number of amides is 3. The Balaban J connectivity index is 1.46. The van der Waals surface area contributed by atoms with E-state index in [-0.39, 0.29) is 36.9 Å². The Labute approximate surface area is 184 Å². The van der Waals surface area contributed by atoms with E-state index in [2.05, 4.69) is 5.32 Å². The maximum atomic E-state index is 12.9. The lowest BCUT2D eigenvalue weighted by atomic mass is 9.97. The average Bonchev–Trinajstić information content (AvgIpc) is 2.77. The fourth-order valence-electron chi connectivity index (χ4n) is 4.81. The molecule has 2 fully saturated rings.